The van der Waals surface area contributed by atoms with Crippen LogP contribution in [0.15, 0.2) is 0 Å². The lowest BCUT2D eigenvalue weighted by Gasteiger charge is -2.22. The van der Waals surface area contributed by atoms with Crippen molar-refractivity contribution >= 4 is 5.97 Å². The highest BCUT2D eigenvalue weighted by Gasteiger charge is 2.12. The molecule has 1 rings (SSSR count). The van der Waals surface area contributed by atoms with Gasteiger partial charge in [-0.1, -0.05) is 12.8 Å². The largest absolute Gasteiger partial charge is 0.481 e. The Morgan fingerprint density at radius 3 is 2.50 bits per heavy atom. The fraction of sp³-hybridized carbons (Fsp3) is 0.923. The summed E-state index contributed by atoms with van der Waals surface area (Å²) in [5.41, 5.74) is 0. The second-order valence-electron chi connectivity index (χ2n) is 4.32. The predicted octanol–water partition coefficient (Wildman–Crippen LogP) is 2.17. The number of ether oxygens (including phenoxy) is 2. The molecule has 5 heteroatoms. The van der Waals surface area contributed by atoms with Gasteiger partial charge in [0.1, 0.15) is 0 Å². The van der Waals surface area contributed by atoms with Crippen molar-refractivity contribution in [1.82, 2.24) is 0 Å². The van der Waals surface area contributed by atoms with E-state index < -0.39 is 5.97 Å². The number of unbranched alkanes of at least 4 members (excludes halogenated alkanes) is 3. The minimum Gasteiger partial charge on any atom is -0.481 e. The molecule has 0 aromatic heterocycles. The van der Waals surface area contributed by atoms with E-state index in [1.165, 1.54) is 12.8 Å². The molecule has 5 nitrogen and oxygen atoms in total. The third-order valence-corrected chi connectivity index (χ3v) is 2.49. The van der Waals surface area contributed by atoms with Crippen molar-refractivity contribution in [2.45, 2.75) is 58.2 Å². The molecule has 0 aromatic carbocycles. The molecule has 18 heavy (non-hydrogen) atoms. The first-order chi connectivity index (χ1) is 8.66. The highest BCUT2D eigenvalue weighted by Crippen LogP contribution is 2.14. The molecule has 1 fully saturated rings. The maximum absolute atomic E-state index is 9.00. The maximum atomic E-state index is 9.00. The molecule has 0 saturated carbocycles. The molecule has 1 atom stereocenters. The van der Waals surface area contributed by atoms with Gasteiger partial charge in [0, 0.05) is 26.7 Å². The highest BCUT2D eigenvalue weighted by molar-refractivity contribution is 5.62. The minimum absolute atomic E-state index is 0.0570. The molecule has 0 spiro atoms. The summed E-state index contributed by atoms with van der Waals surface area (Å²) in [7, 11) is 0. The Balaban J connectivity index is 0.000000631. The third kappa shape index (κ3) is 13.4. The number of aliphatic hydroxyl groups is 1. The molecule has 0 bridgehead atoms. The number of aliphatic hydroxyl groups excluding tert-OH is 1. The second kappa shape index (κ2) is 12.8. The number of hydrogen-bond donors (Lipinski definition) is 2. The molecule has 0 amide bonds. The lowest BCUT2D eigenvalue weighted by molar-refractivity contribution is -0.162. The summed E-state index contributed by atoms with van der Waals surface area (Å²) in [6, 6.07) is 0. The van der Waals surface area contributed by atoms with Crippen molar-refractivity contribution in [3.05, 3.63) is 0 Å². The van der Waals surface area contributed by atoms with Gasteiger partial charge in [0.2, 0.25) is 0 Å². The lowest BCUT2D eigenvalue weighted by atomic mass is 10.2. The number of carbonyl (C=O) groups is 1. The van der Waals surface area contributed by atoms with Gasteiger partial charge in [-0.05, 0) is 32.1 Å². The summed E-state index contributed by atoms with van der Waals surface area (Å²) < 4.78 is 11.0. The molecule has 2 N–H and O–H groups in total. The summed E-state index contributed by atoms with van der Waals surface area (Å²) >= 11 is 0. The summed E-state index contributed by atoms with van der Waals surface area (Å²) in [4.78, 5) is 9.00. The first-order valence-electron chi connectivity index (χ1n) is 6.70. The molecular formula is C13H26O5. The topological polar surface area (TPSA) is 76.0 Å². The number of hydrogen-bond acceptors (Lipinski definition) is 4. The SMILES string of the molecule is CC(=O)O.OCCCCCCOC1CCCCO1. The quantitative estimate of drug-likeness (QED) is 0.688. The zero-order valence-corrected chi connectivity index (χ0v) is 11.3. The van der Waals surface area contributed by atoms with Crippen LogP contribution in [0.4, 0.5) is 0 Å². The molecule has 1 aliphatic heterocycles. The number of carboxylic acid groups (broad SMARTS) is 1. The van der Waals surface area contributed by atoms with Crippen molar-refractivity contribution < 1.29 is 24.5 Å². The van der Waals surface area contributed by atoms with E-state index >= 15 is 0 Å². The molecule has 1 aliphatic rings. The van der Waals surface area contributed by atoms with Crippen LogP contribution < -0.4 is 0 Å². The zero-order valence-electron chi connectivity index (χ0n) is 11.3. The van der Waals surface area contributed by atoms with E-state index in [9.17, 15) is 0 Å². The van der Waals surface area contributed by atoms with E-state index in [0.29, 0.717) is 6.61 Å². The molecule has 0 aliphatic carbocycles. The first-order valence-corrected chi connectivity index (χ1v) is 6.70. The Morgan fingerprint density at radius 1 is 1.28 bits per heavy atom. The average molecular weight is 262 g/mol. The van der Waals surface area contributed by atoms with Crippen LogP contribution >= 0.6 is 0 Å². The Hall–Kier alpha value is -0.650. The highest BCUT2D eigenvalue weighted by atomic mass is 16.7. The van der Waals surface area contributed by atoms with Gasteiger partial charge in [0.05, 0.1) is 0 Å². The van der Waals surface area contributed by atoms with E-state index in [1.807, 2.05) is 0 Å². The second-order valence-corrected chi connectivity index (χ2v) is 4.32. The van der Waals surface area contributed by atoms with E-state index in [0.717, 1.165) is 52.2 Å². The standard InChI is InChI=1S/C11H22O3.C2H4O2/c12-8-4-1-2-5-9-13-11-7-3-6-10-14-11;1-2(3)4/h11-12H,1-10H2;1H3,(H,3,4). The van der Waals surface area contributed by atoms with Crippen LogP contribution in [-0.2, 0) is 14.3 Å². The molecule has 1 heterocycles. The van der Waals surface area contributed by atoms with Gasteiger partial charge in [-0.25, -0.2) is 0 Å². The van der Waals surface area contributed by atoms with Crippen LogP contribution in [0.3, 0.4) is 0 Å². The van der Waals surface area contributed by atoms with Gasteiger partial charge in [-0.3, -0.25) is 4.79 Å². The van der Waals surface area contributed by atoms with Crippen LogP contribution in [0.25, 0.3) is 0 Å². The Labute approximate surface area is 109 Å². The third-order valence-electron chi connectivity index (χ3n) is 2.49. The van der Waals surface area contributed by atoms with Gasteiger partial charge in [0.15, 0.2) is 6.29 Å². The smallest absolute Gasteiger partial charge is 0.300 e. The van der Waals surface area contributed by atoms with Gasteiger partial charge in [0.25, 0.3) is 5.97 Å². The van der Waals surface area contributed by atoms with Crippen molar-refractivity contribution in [1.29, 1.82) is 0 Å². The molecule has 108 valence electrons. The van der Waals surface area contributed by atoms with Crippen molar-refractivity contribution in [2.24, 2.45) is 0 Å². The van der Waals surface area contributed by atoms with Crippen molar-refractivity contribution in [3.8, 4) is 0 Å². The van der Waals surface area contributed by atoms with Crippen LogP contribution in [0, 0.1) is 0 Å². The Bertz CT molecular complexity index is 186. The first kappa shape index (κ1) is 17.4. The molecule has 1 unspecified atom stereocenters. The number of aliphatic carboxylic acids is 1. The fourth-order valence-corrected chi connectivity index (χ4v) is 1.62. The monoisotopic (exact) mass is 262 g/mol. The number of carboxylic acids is 1. The molecule has 0 aromatic rings. The Kier molecular flexibility index (Phi) is 12.3. The van der Waals surface area contributed by atoms with Gasteiger partial charge >= 0.3 is 0 Å². The maximum Gasteiger partial charge on any atom is 0.300 e. The van der Waals surface area contributed by atoms with Gasteiger partial charge in [-0.15, -0.1) is 0 Å². The van der Waals surface area contributed by atoms with E-state index in [4.69, 9.17) is 24.5 Å². The molecule has 0 radical (unpaired) electrons. The predicted molar refractivity (Wildman–Crippen MR) is 68.4 cm³/mol. The molecule has 1 saturated heterocycles. The normalized spacial score (nSPS) is 18.9. The Morgan fingerprint density at radius 2 is 1.94 bits per heavy atom. The minimum atomic E-state index is -0.833. The van der Waals surface area contributed by atoms with E-state index in [-0.39, 0.29) is 6.29 Å². The number of rotatable bonds is 7. The lowest BCUT2D eigenvalue weighted by Crippen LogP contribution is -2.22. The summed E-state index contributed by atoms with van der Waals surface area (Å²) in [5, 5.41) is 16.0. The van der Waals surface area contributed by atoms with Gasteiger partial charge < -0.3 is 19.7 Å². The van der Waals surface area contributed by atoms with Crippen LogP contribution in [-0.4, -0.2) is 42.3 Å². The average Bonchev–Trinajstić information content (AvgIpc) is 2.34. The summed E-state index contributed by atoms with van der Waals surface area (Å²) in [6.07, 6.45) is 7.77. The zero-order chi connectivity index (χ0) is 13.6. The van der Waals surface area contributed by atoms with Crippen LogP contribution in [0.1, 0.15) is 51.9 Å². The van der Waals surface area contributed by atoms with Gasteiger partial charge in [-0.2, -0.15) is 0 Å². The van der Waals surface area contributed by atoms with Crippen LogP contribution in [0.5, 0.6) is 0 Å². The molecular weight excluding hydrogens is 236 g/mol. The van der Waals surface area contributed by atoms with Crippen molar-refractivity contribution in [3.63, 3.8) is 0 Å². The summed E-state index contributed by atoms with van der Waals surface area (Å²) in [5.74, 6) is -0.833. The van der Waals surface area contributed by atoms with E-state index in [1.54, 1.807) is 0 Å². The summed E-state index contributed by atoms with van der Waals surface area (Å²) in [6.45, 7) is 3.05. The van der Waals surface area contributed by atoms with E-state index in [2.05, 4.69) is 0 Å². The van der Waals surface area contributed by atoms with Crippen molar-refractivity contribution in [2.75, 3.05) is 19.8 Å². The van der Waals surface area contributed by atoms with Crippen LogP contribution in [0.2, 0.25) is 0 Å². The fourth-order valence-electron chi connectivity index (χ4n) is 1.62.